The second kappa shape index (κ2) is 9.69. The Balaban J connectivity index is 1.67. The monoisotopic (exact) mass is 463 g/mol. The van der Waals surface area contributed by atoms with Gasteiger partial charge in [0, 0.05) is 0 Å². The standard InChI is InChI=1S/C6H6OS.2C6H6S.Sn/c7-8-6-4-2-1-3-5-6;2*7-6-4-2-1-3-5-6;/h1-5,7H;2*1-5,7H;/q;;;+3/p-3. The zero-order chi connectivity index (χ0) is 15.7. The van der Waals surface area contributed by atoms with Crippen molar-refractivity contribution in [3.63, 3.8) is 0 Å². The maximum absolute atomic E-state index is 6.28. The minimum atomic E-state index is -2.20. The van der Waals surface area contributed by atoms with Crippen LogP contribution in [0.4, 0.5) is 0 Å². The second-order valence-corrected chi connectivity index (χ2v) is 19.8. The fraction of sp³-hybridized carbons (Fsp3) is 0. The summed E-state index contributed by atoms with van der Waals surface area (Å²) in [5.74, 6) is 0. The van der Waals surface area contributed by atoms with Crippen molar-refractivity contribution in [1.82, 2.24) is 0 Å². The van der Waals surface area contributed by atoms with Crippen LogP contribution in [-0.4, -0.2) is 17.4 Å². The van der Waals surface area contributed by atoms with Crippen LogP contribution in [0.5, 0.6) is 0 Å². The van der Waals surface area contributed by atoms with E-state index in [1.807, 2.05) is 36.1 Å². The van der Waals surface area contributed by atoms with Gasteiger partial charge in [-0.1, -0.05) is 0 Å². The van der Waals surface area contributed by atoms with Gasteiger partial charge in [-0.2, -0.15) is 0 Å². The van der Waals surface area contributed by atoms with Gasteiger partial charge in [0.05, 0.1) is 0 Å². The molecule has 3 aromatic carbocycles. The number of benzene rings is 3. The Morgan fingerprint density at radius 3 is 1.35 bits per heavy atom. The molecule has 1 nitrogen and oxygen atoms in total. The van der Waals surface area contributed by atoms with E-state index in [9.17, 15) is 0 Å². The minimum absolute atomic E-state index is 1.16. The van der Waals surface area contributed by atoms with Crippen molar-refractivity contribution < 1.29 is 2.52 Å². The van der Waals surface area contributed by atoms with E-state index in [1.54, 1.807) is 0 Å². The molecule has 5 heteroatoms. The fourth-order valence-electron chi connectivity index (χ4n) is 1.78. The normalized spacial score (nSPS) is 10.8. The van der Waals surface area contributed by atoms with Gasteiger partial charge in [-0.3, -0.25) is 0 Å². The molecule has 0 atom stereocenters. The van der Waals surface area contributed by atoms with Crippen LogP contribution < -0.4 is 0 Å². The van der Waals surface area contributed by atoms with Gasteiger partial charge in [0.15, 0.2) is 0 Å². The van der Waals surface area contributed by atoms with E-state index in [2.05, 4.69) is 72.8 Å². The number of hydrogen-bond donors (Lipinski definition) is 0. The van der Waals surface area contributed by atoms with Gasteiger partial charge in [-0.25, -0.2) is 0 Å². The average molecular weight is 462 g/mol. The third kappa shape index (κ3) is 6.12. The summed E-state index contributed by atoms with van der Waals surface area (Å²) in [6.45, 7) is 0. The SMILES string of the molecule is c1ccc(S[O][Sn]([S]c2ccccc2)[S]c2ccccc2)cc1. The molecule has 1 radical (unpaired) electrons. The van der Waals surface area contributed by atoms with Crippen molar-refractivity contribution in [2.45, 2.75) is 14.7 Å². The predicted octanol–water partition coefficient (Wildman–Crippen LogP) is 6.28. The summed E-state index contributed by atoms with van der Waals surface area (Å²) in [4.78, 5) is 3.74. The quantitative estimate of drug-likeness (QED) is 0.302. The zero-order valence-corrected chi connectivity index (χ0v) is 17.6. The van der Waals surface area contributed by atoms with Crippen molar-refractivity contribution >= 4 is 47.3 Å². The molecule has 0 N–H and O–H groups in total. The molecular weight excluding hydrogens is 447 g/mol. The van der Waals surface area contributed by atoms with E-state index < -0.39 is 17.4 Å². The molecule has 0 spiro atoms. The molecule has 0 amide bonds. The zero-order valence-electron chi connectivity index (χ0n) is 12.3. The van der Waals surface area contributed by atoms with Gasteiger partial charge in [0.25, 0.3) is 0 Å². The predicted molar refractivity (Wildman–Crippen MR) is 104 cm³/mol. The molecule has 0 saturated heterocycles. The maximum atomic E-state index is 6.28. The Bertz CT molecular complexity index is 654. The van der Waals surface area contributed by atoms with E-state index >= 15 is 0 Å². The van der Waals surface area contributed by atoms with Gasteiger partial charge in [-0.15, -0.1) is 0 Å². The third-order valence-corrected chi connectivity index (χ3v) is 19.7. The van der Waals surface area contributed by atoms with Crippen LogP contribution in [0.15, 0.2) is 106 Å². The van der Waals surface area contributed by atoms with Crippen molar-refractivity contribution in [2.24, 2.45) is 0 Å². The van der Waals surface area contributed by atoms with Crippen molar-refractivity contribution in [1.29, 1.82) is 0 Å². The number of rotatable bonds is 7. The Labute approximate surface area is 154 Å². The molecule has 3 aromatic rings. The van der Waals surface area contributed by atoms with E-state index in [-0.39, 0.29) is 0 Å². The molecule has 0 unspecified atom stereocenters. The molecule has 0 aliphatic heterocycles. The van der Waals surface area contributed by atoms with Gasteiger partial charge in [0.2, 0.25) is 0 Å². The van der Waals surface area contributed by atoms with Crippen LogP contribution >= 0.6 is 29.9 Å². The molecule has 115 valence electrons. The Kier molecular flexibility index (Phi) is 7.29. The Morgan fingerprint density at radius 1 is 0.522 bits per heavy atom. The summed E-state index contributed by atoms with van der Waals surface area (Å²) in [5, 5.41) is 0. The van der Waals surface area contributed by atoms with E-state index in [0.717, 1.165) is 4.90 Å². The first-order chi connectivity index (χ1) is 11.4. The average Bonchev–Trinajstić information content (AvgIpc) is 2.62. The van der Waals surface area contributed by atoms with Crippen molar-refractivity contribution in [2.75, 3.05) is 0 Å². The van der Waals surface area contributed by atoms with Crippen LogP contribution in [0, 0.1) is 0 Å². The Morgan fingerprint density at radius 2 is 0.913 bits per heavy atom. The topological polar surface area (TPSA) is 9.23 Å². The summed E-state index contributed by atoms with van der Waals surface area (Å²) < 4.78 is 6.28. The van der Waals surface area contributed by atoms with Crippen molar-refractivity contribution in [3.8, 4) is 0 Å². The van der Waals surface area contributed by atoms with Gasteiger partial charge in [-0.05, 0) is 0 Å². The first-order valence-electron chi connectivity index (χ1n) is 7.12. The fourth-order valence-corrected chi connectivity index (χ4v) is 18.7. The van der Waals surface area contributed by atoms with E-state index in [0.29, 0.717) is 0 Å². The summed E-state index contributed by atoms with van der Waals surface area (Å²) in [7, 11) is 3.84. The molecule has 0 saturated carbocycles. The molecular formula is C18H15OS3Sn. The molecule has 23 heavy (non-hydrogen) atoms. The molecule has 0 bridgehead atoms. The van der Waals surface area contributed by atoms with Gasteiger partial charge < -0.3 is 0 Å². The summed E-state index contributed by atoms with van der Waals surface area (Å²) in [6, 6.07) is 31.4. The summed E-state index contributed by atoms with van der Waals surface area (Å²) >= 11 is -0.687. The van der Waals surface area contributed by atoms with E-state index in [4.69, 9.17) is 2.52 Å². The number of hydrogen-bond acceptors (Lipinski definition) is 4. The van der Waals surface area contributed by atoms with Crippen LogP contribution in [0.1, 0.15) is 0 Å². The third-order valence-electron chi connectivity index (χ3n) is 2.84. The second-order valence-electron chi connectivity index (χ2n) is 4.56. The first-order valence-corrected chi connectivity index (χ1v) is 17.7. The molecule has 0 fully saturated rings. The van der Waals surface area contributed by atoms with Gasteiger partial charge >= 0.3 is 156 Å². The molecule has 0 aliphatic carbocycles. The summed E-state index contributed by atoms with van der Waals surface area (Å²) in [5.41, 5.74) is 0. The molecule has 0 aromatic heterocycles. The molecule has 0 aliphatic rings. The Hall–Kier alpha value is -0.531. The first kappa shape index (κ1) is 17.3. The van der Waals surface area contributed by atoms with Crippen LogP contribution in [0.3, 0.4) is 0 Å². The van der Waals surface area contributed by atoms with Crippen LogP contribution in [0.2, 0.25) is 0 Å². The van der Waals surface area contributed by atoms with Crippen molar-refractivity contribution in [3.05, 3.63) is 91.0 Å². The van der Waals surface area contributed by atoms with Gasteiger partial charge in [0.1, 0.15) is 0 Å². The molecule has 0 heterocycles. The molecule has 3 rings (SSSR count). The van der Waals surface area contributed by atoms with Crippen LogP contribution in [-0.2, 0) is 2.52 Å². The van der Waals surface area contributed by atoms with E-state index in [1.165, 1.54) is 21.8 Å². The van der Waals surface area contributed by atoms with Crippen LogP contribution in [0.25, 0.3) is 0 Å². The summed E-state index contributed by atoms with van der Waals surface area (Å²) in [6.07, 6.45) is 0.